The molecule has 2 N–H and O–H groups in total. The minimum Gasteiger partial charge on any atom is -0.317 e. The molecule has 90 valence electrons. The minimum atomic E-state index is -4.09. The van der Waals surface area contributed by atoms with Crippen molar-refractivity contribution in [2.75, 3.05) is 31.9 Å². The molecular formula is C9H17F3N2S. The Morgan fingerprint density at radius 2 is 1.93 bits per heavy atom. The first-order chi connectivity index (χ1) is 7.08. The summed E-state index contributed by atoms with van der Waals surface area (Å²) in [6.45, 7) is 3.35. The standard InChI is InChI=1S/C9H17F3N2S/c10-9(11,12)15-6-5-14-7-8-1-3-13-4-2-8/h8,13-14H,1-7H2. The Morgan fingerprint density at radius 3 is 2.53 bits per heavy atom. The van der Waals surface area contributed by atoms with Gasteiger partial charge in [-0.2, -0.15) is 13.2 Å². The highest BCUT2D eigenvalue weighted by molar-refractivity contribution is 8.00. The number of thioether (sulfide) groups is 1. The number of piperidine rings is 1. The van der Waals surface area contributed by atoms with E-state index in [-0.39, 0.29) is 17.5 Å². The molecule has 0 radical (unpaired) electrons. The Kier molecular flexibility index (Phi) is 5.78. The molecule has 0 unspecified atom stereocenters. The first-order valence-electron chi connectivity index (χ1n) is 5.20. The van der Waals surface area contributed by atoms with Gasteiger partial charge >= 0.3 is 5.51 Å². The maximum atomic E-state index is 11.8. The van der Waals surface area contributed by atoms with Crippen molar-refractivity contribution in [2.24, 2.45) is 5.92 Å². The van der Waals surface area contributed by atoms with E-state index in [9.17, 15) is 13.2 Å². The first kappa shape index (κ1) is 13.1. The van der Waals surface area contributed by atoms with Crippen molar-refractivity contribution in [3.05, 3.63) is 0 Å². The zero-order valence-electron chi connectivity index (χ0n) is 8.57. The van der Waals surface area contributed by atoms with Gasteiger partial charge < -0.3 is 10.6 Å². The van der Waals surface area contributed by atoms with Crippen molar-refractivity contribution in [1.29, 1.82) is 0 Å². The summed E-state index contributed by atoms with van der Waals surface area (Å²) in [5.74, 6) is 0.733. The summed E-state index contributed by atoms with van der Waals surface area (Å²) in [4.78, 5) is 0. The fourth-order valence-corrected chi connectivity index (χ4v) is 2.11. The average molecular weight is 242 g/mol. The molecule has 6 heteroatoms. The highest BCUT2D eigenvalue weighted by Gasteiger charge is 2.27. The molecule has 0 aromatic heterocycles. The summed E-state index contributed by atoms with van der Waals surface area (Å²) < 4.78 is 35.3. The molecular weight excluding hydrogens is 225 g/mol. The van der Waals surface area contributed by atoms with Crippen LogP contribution in [0.4, 0.5) is 13.2 Å². The van der Waals surface area contributed by atoms with E-state index in [4.69, 9.17) is 0 Å². The van der Waals surface area contributed by atoms with Crippen LogP contribution in [0.3, 0.4) is 0 Å². The molecule has 1 rings (SSSR count). The molecule has 0 aliphatic carbocycles. The molecule has 2 nitrogen and oxygen atoms in total. The van der Waals surface area contributed by atoms with Crippen LogP contribution in [0, 0.1) is 5.92 Å². The third kappa shape index (κ3) is 7.03. The van der Waals surface area contributed by atoms with Crippen LogP contribution >= 0.6 is 11.8 Å². The largest absolute Gasteiger partial charge is 0.441 e. The van der Waals surface area contributed by atoms with Gasteiger partial charge in [0.1, 0.15) is 0 Å². The van der Waals surface area contributed by atoms with Crippen LogP contribution in [0.25, 0.3) is 0 Å². The fraction of sp³-hybridized carbons (Fsp3) is 1.00. The lowest BCUT2D eigenvalue weighted by molar-refractivity contribution is -0.0327. The van der Waals surface area contributed by atoms with Crippen LogP contribution in [0.1, 0.15) is 12.8 Å². The highest BCUT2D eigenvalue weighted by atomic mass is 32.2. The van der Waals surface area contributed by atoms with Crippen LogP contribution in [-0.4, -0.2) is 37.4 Å². The van der Waals surface area contributed by atoms with Crippen LogP contribution in [0.15, 0.2) is 0 Å². The molecule has 0 aromatic carbocycles. The third-order valence-electron chi connectivity index (χ3n) is 2.44. The molecule has 1 heterocycles. The smallest absolute Gasteiger partial charge is 0.317 e. The maximum Gasteiger partial charge on any atom is 0.441 e. The predicted octanol–water partition coefficient (Wildman–Crippen LogP) is 1.83. The van der Waals surface area contributed by atoms with Gasteiger partial charge in [-0.3, -0.25) is 0 Å². The normalized spacial score (nSPS) is 19.4. The van der Waals surface area contributed by atoms with Gasteiger partial charge in [-0.15, -0.1) is 0 Å². The van der Waals surface area contributed by atoms with Crippen molar-refractivity contribution in [3.63, 3.8) is 0 Å². The van der Waals surface area contributed by atoms with Crippen LogP contribution in [0.5, 0.6) is 0 Å². The summed E-state index contributed by atoms with van der Waals surface area (Å²) in [6, 6.07) is 0. The first-order valence-corrected chi connectivity index (χ1v) is 6.18. The second kappa shape index (κ2) is 6.60. The average Bonchev–Trinajstić information content (AvgIpc) is 2.17. The van der Waals surface area contributed by atoms with Crippen molar-refractivity contribution >= 4 is 11.8 Å². The van der Waals surface area contributed by atoms with Gasteiger partial charge in [0, 0.05) is 12.3 Å². The predicted molar refractivity (Wildman–Crippen MR) is 57.0 cm³/mol. The Bertz CT molecular complexity index is 169. The molecule has 1 aliphatic heterocycles. The van der Waals surface area contributed by atoms with Gasteiger partial charge in [-0.05, 0) is 50.2 Å². The van der Waals surface area contributed by atoms with E-state index < -0.39 is 5.51 Å². The number of hydrogen-bond acceptors (Lipinski definition) is 3. The van der Waals surface area contributed by atoms with Crippen LogP contribution in [0.2, 0.25) is 0 Å². The minimum absolute atomic E-state index is 0.0453. The fourth-order valence-electron chi connectivity index (χ4n) is 1.63. The Labute approximate surface area is 92.4 Å². The topological polar surface area (TPSA) is 24.1 Å². The molecule has 0 aromatic rings. The Balaban J connectivity index is 1.92. The van der Waals surface area contributed by atoms with Gasteiger partial charge in [0.25, 0.3) is 0 Å². The number of halogens is 3. The molecule has 1 fully saturated rings. The van der Waals surface area contributed by atoms with Crippen molar-refractivity contribution < 1.29 is 13.2 Å². The van der Waals surface area contributed by atoms with Crippen LogP contribution < -0.4 is 10.6 Å². The van der Waals surface area contributed by atoms with E-state index in [2.05, 4.69) is 10.6 Å². The monoisotopic (exact) mass is 242 g/mol. The number of rotatable bonds is 5. The molecule has 0 spiro atoms. The summed E-state index contributed by atoms with van der Waals surface area (Å²) in [5, 5.41) is 6.33. The van der Waals surface area contributed by atoms with Gasteiger partial charge in [0.05, 0.1) is 0 Å². The maximum absolute atomic E-state index is 11.8. The molecule has 0 atom stereocenters. The van der Waals surface area contributed by atoms with E-state index in [1.54, 1.807) is 0 Å². The van der Waals surface area contributed by atoms with E-state index >= 15 is 0 Å². The molecule has 1 saturated heterocycles. The highest BCUT2D eigenvalue weighted by Crippen LogP contribution is 2.29. The van der Waals surface area contributed by atoms with E-state index in [0.717, 1.165) is 32.5 Å². The van der Waals surface area contributed by atoms with Crippen molar-refractivity contribution in [1.82, 2.24) is 10.6 Å². The molecule has 1 aliphatic rings. The van der Waals surface area contributed by atoms with Crippen molar-refractivity contribution in [3.8, 4) is 0 Å². The van der Waals surface area contributed by atoms with Crippen molar-refractivity contribution in [2.45, 2.75) is 18.3 Å². The van der Waals surface area contributed by atoms with Gasteiger partial charge in [-0.25, -0.2) is 0 Å². The van der Waals surface area contributed by atoms with E-state index in [0.29, 0.717) is 12.5 Å². The molecule has 0 amide bonds. The van der Waals surface area contributed by atoms with Gasteiger partial charge in [0.15, 0.2) is 0 Å². The molecule has 15 heavy (non-hydrogen) atoms. The summed E-state index contributed by atoms with van der Waals surface area (Å²) >= 11 is 0.0453. The molecule has 0 saturated carbocycles. The summed E-state index contributed by atoms with van der Waals surface area (Å²) in [7, 11) is 0. The Hall–Kier alpha value is 0.0600. The van der Waals surface area contributed by atoms with E-state index in [1.807, 2.05) is 0 Å². The Morgan fingerprint density at radius 1 is 1.27 bits per heavy atom. The lowest BCUT2D eigenvalue weighted by Gasteiger charge is -2.22. The lowest BCUT2D eigenvalue weighted by Crippen LogP contribution is -2.34. The number of nitrogens with one attached hydrogen (secondary N) is 2. The number of alkyl halides is 3. The SMILES string of the molecule is FC(F)(F)SCCNCC1CCNCC1. The van der Waals surface area contributed by atoms with Gasteiger partial charge in [-0.1, -0.05) is 0 Å². The lowest BCUT2D eigenvalue weighted by atomic mass is 9.98. The number of hydrogen-bond donors (Lipinski definition) is 2. The second-order valence-corrected chi connectivity index (χ2v) is 4.85. The van der Waals surface area contributed by atoms with Crippen LogP contribution in [-0.2, 0) is 0 Å². The third-order valence-corrected chi connectivity index (χ3v) is 3.17. The zero-order valence-corrected chi connectivity index (χ0v) is 9.39. The second-order valence-electron chi connectivity index (χ2n) is 3.69. The van der Waals surface area contributed by atoms with Gasteiger partial charge in [0.2, 0.25) is 0 Å². The molecule has 0 bridgehead atoms. The quantitative estimate of drug-likeness (QED) is 0.719. The van der Waals surface area contributed by atoms with E-state index in [1.165, 1.54) is 0 Å². The zero-order chi connectivity index (χ0) is 11.1. The summed E-state index contributed by atoms with van der Waals surface area (Å²) in [6.07, 6.45) is 2.25. The summed E-state index contributed by atoms with van der Waals surface area (Å²) in [5.41, 5.74) is -4.09.